The van der Waals surface area contributed by atoms with Gasteiger partial charge in [-0.25, -0.2) is 4.68 Å². The number of hydrogen-bond acceptors (Lipinski definition) is 6. The van der Waals surface area contributed by atoms with Gasteiger partial charge in [0, 0.05) is 24.0 Å². The molecular formula is C27H28N4O4. The van der Waals surface area contributed by atoms with E-state index in [0.717, 1.165) is 27.9 Å². The average molecular weight is 473 g/mol. The second-order valence-electron chi connectivity index (χ2n) is 8.81. The zero-order valence-electron chi connectivity index (χ0n) is 19.8. The lowest BCUT2D eigenvalue weighted by Gasteiger charge is -2.19. The van der Waals surface area contributed by atoms with Gasteiger partial charge in [-0.05, 0) is 61.9 Å². The van der Waals surface area contributed by atoms with Gasteiger partial charge in [-0.3, -0.25) is 14.6 Å². The molecule has 0 fully saturated rings. The highest BCUT2D eigenvalue weighted by Gasteiger charge is 2.26. The molecule has 4 rings (SSSR count). The maximum atomic E-state index is 12.7. The molecule has 2 aromatic heterocycles. The second kappa shape index (κ2) is 10.6. The van der Waals surface area contributed by atoms with E-state index in [0.29, 0.717) is 23.7 Å². The Labute approximate surface area is 202 Å². The topological polar surface area (TPSA) is 118 Å². The number of aliphatic carboxylic acids is 1. The standard InChI is InChI=1S/C27H28N4O4/c1-17-4-3-5-23-25(17)29-30-31(26(23)33)15-14-22(27(34)35)24(32)13-9-19-7-11-20(12-8-19)21-10-6-18(2)28-16-21/h3-8,10-12,16,22,24,32H,9,13-15H2,1-2H3,(H,34,35)/t22?,24-/m1/s1. The highest BCUT2D eigenvalue weighted by atomic mass is 16.4. The van der Waals surface area contributed by atoms with Crippen LogP contribution < -0.4 is 5.56 Å². The van der Waals surface area contributed by atoms with Crippen molar-refractivity contribution in [2.24, 2.45) is 5.92 Å². The molecule has 0 bridgehead atoms. The first-order chi connectivity index (χ1) is 16.8. The van der Waals surface area contributed by atoms with Gasteiger partial charge in [0.1, 0.15) is 5.52 Å². The number of rotatable bonds is 9. The van der Waals surface area contributed by atoms with E-state index in [1.165, 1.54) is 4.68 Å². The summed E-state index contributed by atoms with van der Waals surface area (Å²) in [4.78, 5) is 28.9. The number of carboxylic acids is 1. The number of benzene rings is 2. The number of pyridine rings is 1. The fourth-order valence-corrected chi connectivity index (χ4v) is 4.15. The van der Waals surface area contributed by atoms with Gasteiger partial charge in [0.2, 0.25) is 0 Å². The zero-order chi connectivity index (χ0) is 24.9. The molecule has 0 radical (unpaired) electrons. The van der Waals surface area contributed by atoms with Crippen LogP contribution in [0.1, 0.15) is 29.7 Å². The molecular weight excluding hydrogens is 444 g/mol. The van der Waals surface area contributed by atoms with E-state index in [-0.39, 0.29) is 18.5 Å². The average Bonchev–Trinajstić information content (AvgIpc) is 2.85. The lowest BCUT2D eigenvalue weighted by atomic mass is 9.93. The van der Waals surface area contributed by atoms with Crippen LogP contribution in [0.3, 0.4) is 0 Å². The van der Waals surface area contributed by atoms with Crippen LogP contribution in [-0.2, 0) is 17.8 Å². The summed E-state index contributed by atoms with van der Waals surface area (Å²) in [5.74, 6) is -2.12. The number of aromatic nitrogens is 4. The Kier molecular flexibility index (Phi) is 7.31. The minimum atomic E-state index is -1.10. The van der Waals surface area contributed by atoms with Crippen LogP contribution in [-0.4, -0.2) is 42.3 Å². The van der Waals surface area contributed by atoms with Crippen LogP contribution >= 0.6 is 0 Å². The quantitative estimate of drug-likeness (QED) is 0.382. The number of aryl methyl sites for hydroxylation is 4. The SMILES string of the molecule is Cc1ccc(-c2ccc(CC[C@@H](O)C(CCn3nnc4c(C)cccc4c3=O)C(=O)O)cc2)cn1. The lowest BCUT2D eigenvalue weighted by Crippen LogP contribution is -2.32. The molecule has 0 aliphatic carbocycles. The maximum absolute atomic E-state index is 12.7. The molecule has 0 saturated carbocycles. The maximum Gasteiger partial charge on any atom is 0.309 e. The Morgan fingerprint density at radius 3 is 2.43 bits per heavy atom. The summed E-state index contributed by atoms with van der Waals surface area (Å²) in [6.45, 7) is 3.85. The highest BCUT2D eigenvalue weighted by Crippen LogP contribution is 2.21. The van der Waals surface area contributed by atoms with Crippen molar-refractivity contribution in [3.05, 3.63) is 88.0 Å². The summed E-state index contributed by atoms with van der Waals surface area (Å²) >= 11 is 0. The predicted octanol–water partition coefficient (Wildman–Crippen LogP) is 3.55. The molecule has 180 valence electrons. The number of nitrogens with zero attached hydrogens (tertiary/aromatic N) is 4. The summed E-state index contributed by atoms with van der Waals surface area (Å²) in [6, 6.07) is 17.2. The van der Waals surface area contributed by atoms with Gasteiger partial charge in [-0.2, -0.15) is 0 Å². The van der Waals surface area contributed by atoms with Crippen molar-refractivity contribution in [1.29, 1.82) is 0 Å². The monoisotopic (exact) mass is 472 g/mol. The Bertz CT molecular complexity index is 1380. The molecule has 0 aliphatic rings. The Morgan fingerprint density at radius 2 is 1.74 bits per heavy atom. The summed E-state index contributed by atoms with van der Waals surface area (Å²) in [5, 5.41) is 28.9. The summed E-state index contributed by atoms with van der Waals surface area (Å²) in [7, 11) is 0. The molecule has 0 saturated heterocycles. The lowest BCUT2D eigenvalue weighted by molar-refractivity contribution is -0.146. The van der Waals surface area contributed by atoms with Crippen molar-refractivity contribution in [1.82, 2.24) is 20.0 Å². The van der Waals surface area contributed by atoms with E-state index in [2.05, 4.69) is 15.3 Å². The van der Waals surface area contributed by atoms with Crippen molar-refractivity contribution < 1.29 is 15.0 Å². The summed E-state index contributed by atoms with van der Waals surface area (Å²) in [6.07, 6.45) is 1.67. The first-order valence-corrected chi connectivity index (χ1v) is 11.6. The van der Waals surface area contributed by atoms with Crippen molar-refractivity contribution in [3.8, 4) is 11.1 Å². The first kappa shape index (κ1) is 24.2. The van der Waals surface area contributed by atoms with Gasteiger partial charge >= 0.3 is 5.97 Å². The van der Waals surface area contributed by atoms with E-state index in [1.54, 1.807) is 12.1 Å². The third kappa shape index (κ3) is 5.60. The van der Waals surface area contributed by atoms with E-state index < -0.39 is 18.0 Å². The predicted molar refractivity (Wildman–Crippen MR) is 133 cm³/mol. The van der Waals surface area contributed by atoms with Crippen LogP contribution in [0.2, 0.25) is 0 Å². The molecule has 2 heterocycles. The molecule has 8 nitrogen and oxygen atoms in total. The smallest absolute Gasteiger partial charge is 0.309 e. The number of hydrogen-bond donors (Lipinski definition) is 2. The van der Waals surface area contributed by atoms with E-state index in [9.17, 15) is 19.8 Å². The Hall–Kier alpha value is -3.91. The third-order valence-electron chi connectivity index (χ3n) is 6.32. The number of aliphatic hydroxyl groups is 1. The van der Waals surface area contributed by atoms with Crippen LogP contribution in [0.4, 0.5) is 0 Å². The van der Waals surface area contributed by atoms with E-state index in [1.807, 2.05) is 62.5 Å². The van der Waals surface area contributed by atoms with E-state index >= 15 is 0 Å². The van der Waals surface area contributed by atoms with Gasteiger partial charge < -0.3 is 10.2 Å². The van der Waals surface area contributed by atoms with E-state index in [4.69, 9.17) is 0 Å². The molecule has 0 aliphatic heterocycles. The molecule has 2 aromatic carbocycles. The number of carbonyl (C=O) groups is 1. The second-order valence-corrected chi connectivity index (χ2v) is 8.81. The summed E-state index contributed by atoms with van der Waals surface area (Å²) < 4.78 is 1.17. The first-order valence-electron chi connectivity index (χ1n) is 11.6. The van der Waals surface area contributed by atoms with Gasteiger partial charge in [0.15, 0.2) is 0 Å². The number of aliphatic hydroxyl groups excluding tert-OH is 1. The fraction of sp³-hybridized carbons (Fsp3) is 0.296. The minimum Gasteiger partial charge on any atom is -0.481 e. The molecule has 0 spiro atoms. The van der Waals surface area contributed by atoms with Crippen molar-refractivity contribution in [3.63, 3.8) is 0 Å². The largest absolute Gasteiger partial charge is 0.481 e. The van der Waals surface area contributed by atoms with Gasteiger partial charge in [-0.1, -0.05) is 47.7 Å². The molecule has 35 heavy (non-hydrogen) atoms. The van der Waals surface area contributed by atoms with Crippen molar-refractivity contribution in [2.45, 2.75) is 45.8 Å². The molecule has 8 heteroatoms. The van der Waals surface area contributed by atoms with Crippen molar-refractivity contribution >= 4 is 16.9 Å². The molecule has 2 atom stereocenters. The van der Waals surface area contributed by atoms with Gasteiger partial charge in [0.25, 0.3) is 5.56 Å². The number of fused-ring (bicyclic) bond motifs is 1. The molecule has 1 unspecified atom stereocenters. The van der Waals surface area contributed by atoms with Crippen LogP contribution in [0, 0.1) is 19.8 Å². The molecule has 4 aromatic rings. The molecule has 0 amide bonds. The van der Waals surface area contributed by atoms with Gasteiger partial charge in [0.05, 0.1) is 17.4 Å². The van der Waals surface area contributed by atoms with Crippen LogP contribution in [0.5, 0.6) is 0 Å². The zero-order valence-corrected chi connectivity index (χ0v) is 19.8. The van der Waals surface area contributed by atoms with Crippen LogP contribution in [0.25, 0.3) is 22.0 Å². The fourth-order valence-electron chi connectivity index (χ4n) is 4.15. The number of carboxylic acid groups (broad SMARTS) is 1. The minimum absolute atomic E-state index is 0.0586. The highest BCUT2D eigenvalue weighted by molar-refractivity contribution is 5.79. The summed E-state index contributed by atoms with van der Waals surface area (Å²) in [5.41, 5.74) is 5.10. The molecule has 2 N–H and O–H groups in total. The Morgan fingerprint density at radius 1 is 1.00 bits per heavy atom. The van der Waals surface area contributed by atoms with Crippen molar-refractivity contribution in [2.75, 3.05) is 0 Å². The van der Waals surface area contributed by atoms with Crippen LogP contribution in [0.15, 0.2) is 65.6 Å². The third-order valence-corrected chi connectivity index (χ3v) is 6.32. The van der Waals surface area contributed by atoms with Gasteiger partial charge in [-0.15, -0.1) is 5.10 Å². The normalized spacial score (nSPS) is 13.0. The Balaban J connectivity index is 1.38.